The Morgan fingerprint density at radius 2 is 1.58 bits per heavy atom. The number of nitrogens with zero attached hydrogens (tertiary/aromatic N) is 2. The Morgan fingerprint density at radius 1 is 0.962 bits per heavy atom. The zero-order valence-corrected chi connectivity index (χ0v) is 13.9. The van der Waals surface area contributed by atoms with E-state index in [0.717, 1.165) is 10.8 Å². The highest BCUT2D eigenvalue weighted by molar-refractivity contribution is 5.89. The number of ether oxygens (including phenoxy) is 1. The smallest absolute Gasteiger partial charge is 0.298 e. The minimum Gasteiger partial charge on any atom is -0.496 e. The second-order valence-corrected chi connectivity index (χ2v) is 5.67. The van der Waals surface area contributed by atoms with E-state index in [0.29, 0.717) is 22.3 Å². The number of fused-ring (bicyclic) bond motifs is 2. The molecule has 0 aliphatic rings. The third kappa shape index (κ3) is 2.67. The molecular formula is C20H14N2O4. The number of rotatable bonds is 3. The van der Waals surface area contributed by atoms with E-state index in [4.69, 9.17) is 9.15 Å². The summed E-state index contributed by atoms with van der Waals surface area (Å²) in [6.07, 6.45) is 0. The van der Waals surface area contributed by atoms with Crippen LogP contribution < -0.4 is 10.1 Å². The first-order valence-corrected chi connectivity index (χ1v) is 7.95. The average molecular weight is 346 g/mol. The fourth-order valence-corrected chi connectivity index (χ4v) is 2.88. The molecule has 4 rings (SSSR count). The molecule has 6 heteroatoms. The Balaban J connectivity index is 2.12. The maximum Gasteiger partial charge on any atom is 0.298 e. The molecular weight excluding hydrogens is 332 g/mol. The second kappa shape index (κ2) is 6.33. The lowest BCUT2D eigenvalue weighted by molar-refractivity contribution is -0.384. The van der Waals surface area contributed by atoms with Crippen LogP contribution in [0.5, 0.6) is 5.75 Å². The molecule has 0 atom stereocenters. The van der Waals surface area contributed by atoms with Crippen LogP contribution in [0.2, 0.25) is 0 Å². The van der Waals surface area contributed by atoms with Crippen molar-refractivity contribution < 1.29 is 14.1 Å². The van der Waals surface area contributed by atoms with E-state index in [1.165, 1.54) is 13.2 Å². The van der Waals surface area contributed by atoms with Crippen molar-refractivity contribution in [1.29, 1.82) is 0 Å². The van der Waals surface area contributed by atoms with Crippen LogP contribution in [0.15, 0.2) is 76.1 Å². The van der Waals surface area contributed by atoms with E-state index in [9.17, 15) is 10.1 Å². The van der Waals surface area contributed by atoms with Crippen LogP contribution in [0.1, 0.15) is 0 Å². The van der Waals surface area contributed by atoms with E-state index in [1.54, 1.807) is 12.1 Å². The van der Waals surface area contributed by atoms with Gasteiger partial charge in [-0.3, -0.25) is 10.1 Å². The summed E-state index contributed by atoms with van der Waals surface area (Å²) in [7, 11) is 1.47. The topological polar surface area (TPSA) is 77.9 Å². The lowest BCUT2D eigenvalue weighted by Crippen LogP contribution is -2.05. The van der Waals surface area contributed by atoms with Gasteiger partial charge in [0, 0.05) is 10.8 Å². The molecule has 0 saturated carbocycles. The van der Waals surface area contributed by atoms with Gasteiger partial charge in [0.2, 0.25) is 0 Å². The van der Waals surface area contributed by atoms with Crippen molar-refractivity contribution in [3.8, 4) is 5.75 Å². The molecule has 4 aromatic rings. The largest absolute Gasteiger partial charge is 0.496 e. The molecule has 3 aromatic carbocycles. The summed E-state index contributed by atoms with van der Waals surface area (Å²) in [5, 5.41) is 13.7. The fraction of sp³-hybridized carbons (Fsp3) is 0.0500. The fourth-order valence-electron chi connectivity index (χ4n) is 2.88. The van der Waals surface area contributed by atoms with E-state index < -0.39 is 4.92 Å². The molecule has 0 aliphatic carbocycles. The molecule has 128 valence electrons. The molecule has 0 radical (unpaired) electrons. The SMILES string of the molecule is COc1ccc(N=c2c3ccccc3oc3ccccc23)c([N+](=O)[O-])c1. The molecule has 0 unspecified atom stereocenters. The quantitative estimate of drug-likeness (QED) is 0.305. The Bertz CT molecular complexity index is 1150. The number of methoxy groups -OCH3 is 1. The van der Waals surface area contributed by atoms with Gasteiger partial charge in [-0.1, -0.05) is 24.3 Å². The molecule has 0 N–H and O–H groups in total. The zero-order valence-electron chi connectivity index (χ0n) is 13.9. The molecule has 0 bridgehead atoms. The van der Waals surface area contributed by atoms with Crippen molar-refractivity contribution in [1.82, 2.24) is 0 Å². The van der Waals surface area contributed by atoms with Gasteiger partial charge in [-0.25, -0.2) is 4.99 Å². The average Bonchev–Trinajstić information content (AvgIpc) is 2.67. The number of nitro groups is 1. The summed E-state index contributed by atoms with van der Waals surface area (Å²) in [4.78, 5) is 15.7. The van der Waals surface area contributed by atoms with E-state index in [1.807, 2.05) is 48.5 Å². The molecule has 6 nitrogen and oxygen atoms in total. The third-order valence-corrected chi connectivity index (χ3v) is 4.12. The summed E-state index contributed by atoms with van der Waals surface area (Å²) >= 11 is 0. The van der Waals surface area contributed by atoms with Crippen molar-refractivity contribution in [2.45, 2.75) is 0 Å². The van der Waals surface area contributed by atoms with Crippen LogP contribution in [0.3, 0.4) is 0 Å². The maximum atomic E-state index is 11.5. The van der Waals surface area contributed by atoms with E-state index in [-0.39, 0.29) is 11.4 Å². The Morgan fingerprint density at radius 3 is 2.15 bits per heavy atom. The molecule has 0 fully saturated rings. The van der Waals surface area contributed by atoms with E-state index >= 15 is 0 Å². The predicted octanol–water partition coefficient (Wildman–Crippen LogP) is 4.74. The molecule has 1 aromatic heterocycles. The van der Waals surface area contributed by atoms with Gasteiger partial charge in [-0.05, 0) is 36.4 Å². The molecule has 0 amide bonds. The summed E-state index contributed by atoms with van der Waals surface area (Å²) in [6, 6.07) is 19.6. The van der Waals surface area contributed by atoms with Gasteiger partial charge in [0.05, 0.1) is 23.5 Å². The summed E-state index contributed by atoms with van der Waals surface area (Å²) in [5.74, 6) is 0.411. The molecule has 0 aliphatic heterocycles. The molecule has 0 saturated heterocycles. The van der Waals surface area contributed by atoms with E-state index in [2.05, 4.69) is 4.99 Å². The first kappa shape index (κ1) is 15.8. The van der Waals surface area contributed by atoms with Gasteiger partial charge in [0.1, 0.15) is 22.6 Å². The first-order chi connectivity index (χ1) is 12.7. The van der Waals surface area contributed by atoms with Crippen molar-refractivity contribution in [2.24, 2.45) is 4.99 Å². The zero-order chi connectivity index (χ0) is 18.1. The normalized spacial score (nSPS) is 10.8. The van der Waals surface area contributed by atoms with Crippen molar-refractivity contribution in [3.63, 3.8) is 0 Å². The van der Waals surface area contributed by atoms with Gasteiger partial charge in [-0.15, -0.1) is 0 Å². The van der Waals surface area contributed by atoms with Gasteiger partial charge in [0.15, 0.2) is 0 Å². The van der Waals surface area contributed by atoms with Crippen LogP contribution in [-0.2, 0) is 0 Å². The summed E-state index contributed by atoms with van der Waals surface area (Å²) < 4.78 is 11.0. The lowest BCUT2D eigenvalue weighted by atomic mass is 10.1. The number of para-hydroxylation sites is 2. The van der Waals surface area contributed by atoms with Gasteiger partial charge >= 0.3 is 0 Å². The minimum absolute atomic E-state index is 0.113. The Kier molecular flexibility index (Phi) is 3.85. The van der Waals surface area contributed by atoms with Crippen molar-refractivity contribution in [2.75, 3.05) is 7.11 Å². The monoisotopic (exact) mass is 346 g/mol. The molecule has 0 spiro atoms. The standard InChI is InChI=1S/C20H14N2O4/c1-25-13-10-11-16(17(12-13)22(23)24)21-20-14-6-2-4-8-18(14)26-19-9-5-3-7-15(19)20/h2-12H,1H3. The summed E-state index contributed by atoms with van der Waals surface area (Å²) in [5.41, 5.74) is 1.48. The van der Waals surface area contributed by atoms with Gasteiger partial charge < -0.3 is 9.15 Å². The number of benzene rings is 3. The Labute approximate surface area is 148 Å². The highest BCUT2D eigenvalue weighted by atomic mass is 16.6. The third-order valence-electron chi connectivity index (χ3n) is 4.12. The number of hydrogen-bond donors (Lipinski definition) is 0. The first-order valence-electron chi connectivity index (χ1n) is 7.95. The van der Waals surface area contributed by atoms with Gasteiger partial charge in [-0.2, -0.15) is 0 Å². The highest BCUT2D eigenvalue weighted by Gasteiger charge is 2.15. The maximum absolute atomic E-state index is 11.5. The molecule has 1 heterocycles. The van der Waals surface area contributed by atoms with Crippen LogP contribution in [0.25, 0.3) is 21.9 Å². The summed E-state index contributed by atoms with van der Waals surface area (Å²) in [6.45, 7) is 0. The predicted molar refractivity (Wildman–Crippen MR) is 98.6 cm³/mol. The lowest BCUT2D eigenvalue weighted by Gasteiger charge is -2.05. The second-order valence-electron chi connectivity index (χ2n) is 5.67. The highest BCUT2D eigenvalue weighted by Crippen LogP contribution is 2.31. The van der Waals surface area contributed by atoms with Crippen molar-refractivity contribution >= 4 is 33.3 Å². The van der Waals surface area contributed by atoms with Crippen LogP contribution >= 0.6 is 0 Å². The van der Waals surface area contributed by atoms with Crippen LogP contribution in [-0.4, -0.2) is 12.0 Å². The van der Waals surface area contributed by atoms with Crippen LogP contribution in [0.4, 0.5) is 11.4 Å². The van der Waals surface area contributed by atoms with Gasteiger partial charge in [0.25, 0.3) is 5.69 Å². The number of nitro benzene ring substituents is 1. The van der Waals surface area contributed by atoms with Crippen LogP contribution in [0, 0.1) is 10.1 Å². The molecule has 26 heavy (non-hydrogen) atoms. The Hall–Kier alpha value is -3.67. The van der Waals surface area contributed by atoms with Crippen molar-refractivity contribution in [3.05, 3.63) is 82.2 Å². The minimum atomic E-state index is -0.459. The number of hydrogen-bond acceptors (Lipinski definition) is 5.